The maximum atomic E-state index is 12.0. The molecule has 1 amide bonds. The number of alkyl halides is 2. The van der Waals surface area contributed by atoms with Gasteiger partial charge in [-0.25, -0.2) is 8.78 Å². The van der Waals surface area contributed by atoms with Crippen LogP contribution in [0.25, 0.3) is 0 Å². The van der Waals surface area contributed by atoms with Crippen molar-refractivity contribution in [3.63, 3.8) is 0 Å². The van der Waals surface area contributed by atoms with Crippen LogP contribution in [0.1, 0.15) is 26.7 Å². The van der Waals surface area contributed by atoms with Crippen LogP contribution in [0.3, 0.4) is 0 Å². The summed E-state index contributed by atoms with van der Waals surface area (Å²) in [5.41, 5.74) is 0. The zero-order valence-electron chi connectivity index (χ0n) is 11.2. The molecule has 0 aromatic rings. The van der Waals surface area contributed by atoms with E-state index in [1.54, 1.807) is 23.9 Å². The quantitative estimate of drug-likeness (QED) is 0.746. The average Bonchev–Trinajstić information content (AvgIpc) is 2.58. The molecule has 1 rings (SSSR count). The third-order valence-electron chi connectivity index (χ3n) is 2.79. The number of hydrogen-bond acceptors (Lipinski definition) is 2. The van der Waals surface area contributed by atoms with Crippen LogP contribution in [0.15, 0.2) is 0 Å². The number of hydrogen-bond donors (Lipinski definition) is 0. The molecule has 0 radical (unpaired) electrons. The third kappa shape index (κ3) is 6.56. The first kappa shape index (κ1) is 16.3. The van der Waals surface area contributed by atoms with E-state index in [0.29, 0.717) is 18.9 Å². The Morgan fingerprint density at radius 3 is 2.47 bits per heavy atom. The highest BCUT2D eigenvalue weighted by molar-refractivity contribution is 5.78. The van der Waals surface area contributed by atoms with Gasteiger partial charge in [0.15, 0.2) is 0 Å². The number of nitrogens with zero attached hydrogens (tertiary/aromatic N) is 2. The summed E-state index contributed by atoms with van der Waals surface area (Å²) in [4.78, 5) is 14.5. The summed E-state index contributed by atoms with van der Waals surface area (Å²) in [5, 5.41) is 0. The minimum Gasteiger partial charge on any atom is -0.345 e. The molecule has 3 nitrogen and oxygen atoms in total. The molecule has 102 valence electrons. The van der Waals surface area contributed by atoms with Crippen molar-refractivity contribution in [1.82, 2.24) is 9.80 Å². The molecule has 0 spiro atoms. The molecule has 0 saturated carbocycles. The Labute approximate surface area is 103 Å². The van der Waals surface area contributed by atoms with Crippen molar-refractivity contribution in [2.45, 2.75) is 33.1 Å². The molecular weight excluding hydrogens is 226 g/mol. The molecule has 0 aromatic carbocycles. The lowest BCUT2D eigenvalue weighted by molar-refractivity contribution is -0.126. The Bertz CT molecular complexity index is 225. The molecule has 0 bridgehead atoms. The number of halogens is 2. The first-order chi connectivity index (χ1) is 7.99. The highest BCUT2D eigenvalue weighted by atomic mass is 19.3. The van der Waals surface area contributed by atoms with E-state index in [9.17, 15) is 13.6 Å². The molecular formula is C12H24F2N2O. The lowest BCUT2D eigenvalue weighted by atomic mass is 10.0. The van der Waals surface area contributed by atoms with Crippen molar-refractivity contribution < 1.29 is 13.6 Å². The van der Waals surface area contributed by atoms with Gasteiger partial charge in [-0.15, -0.1) is 0 Å². The van der Waals surface area contributed by atoms with Crippen LogP contribution in [0.2, 0.25) is 0 Å². The van der Waals surface area contributed by atoms with E-state index in [0.717, 1.165) is 13.0 Å². The zero-order chi connectivity index (χ0) is 13.4. The minimum atomic E-state index is -2.28. The standard InChI is InChI=1S/C10H18F2N2O.C2H6/c1-13(7-9(11)12)4-3-8-5-10(15)14(2)6-8;1-2/h8-9H,3-7H2,1-2H3;1-2H3. The molecule has 1 saturated heterocycles. The van der Waals surface area contributed by atoms with Crippen molar-refractivity contribution in [1.29, 1.82) is 0 Å². The predicted molar refractivity (Wildman–Crippen MR) is 65.2 cm³/mol. The van der Waals surface area contributed by atoms with Gasteiger partial charge in [0.25, 0.3) is 6.43 Å². The Morgan fingerprint density at radius 1 is 1.47 bits per heavy atom. The zero-order valence-corrected chi connectivity index (χ0v) is 11.2. The summed E-state index contributed by atoms with van der Waals surface area (Å²) < 4.78 is 24.0. The van der Waals surface area contributed by atoms with Gasteiger partial charge < -0.3 is 9.80 Å². The van der Waals surface area contributed by atoms with Crippen LogP contribution in [-0.2, 0) is 4.79 Å². The highest BCUT2D eigenvalue weighted by Crippen LogP contribution is 2.19. The minimum absolute atomic E-state index is 0.163. The fourth-order valence-corrected chi connectivity index (χ4v) is 1.88. The molecule has 17 heavy (non-hydrogen) atoms. The van der Waals surface area contributed by atoms with E-state index >= 15 is 0 Å². The third-order valence-corrected chi connectivity index (χ3v) is 2.79. The van der Waals surface area contributed by atoms with Gasteiger partial charge in [0, 0.05) is 20.0 Å². The molecule has 5 heteroatoms. The van der Waals surface area contributed by atoms with Crippen LogP contribution in [-0.4, -0.2) is 55.9 Å². The summed E-state index contributed by atoms with van der Waals surface area (Å²) >= 11 is 0. The van der Waals surface area contributed by atoms with Gasteiger partial charge in [0.05, 0.1) is 6.54 Å². The summed E-state index contributed by atoms with van der Waals surface area (Å²) in [6.07, 6.45) is -0.888. The van der Waals surface area contributed by atoms with Crippen LogP contribution < -0.4 is 0 Å². The smallest absolute Gasteiger partial charge is 0.251 e. The molecule has 1 heterocycles. The van der Waals surface area contributed by atoms with E-state index in [-0.39, 0.29) is 12.5 Å². The normalized spacial score (nSPS) is 19.9. The Hall–Kier alpha value is -0.710. The number of likely N-dealkylation sites (tertiary alicyclic amines) is 1. The van der Waals surface area contributed by atoms with Gasteiger partial charge in [-0.05, 0) is 25.9 Å². The second-order valence-electron chi connectivity index (χ2n) is 4.29. The number of amides is 1. The number of rotatable bonds is 5. The van der Waals surface area contributed by atoms with E-state index in [1.807, 2.05) is 13.8 Å². The maximum absolute atomic E-state index is 12.0. The van der Waals surface area contributed by atoms with Crippen LogP contribution in [0.4, 0.5) is 8.78 Å². The SMILES string of the molecule is CC.CN(CCC1CC(=O)N(C)C1)CC(F)F. The Morgan fingerprint density at radius 2 is 2.06 bits per heavy atom. The first-order valence-corrected chi connectivity index (χ1v) is 6.19. The largest absolute Gasteiger partial charge is 0.345 e. The number of carbonyl (C=O) groups is 1. The van der Waals surface area contributed by atoms with Gasteiger partial charge in [0.2, 0.25) is 5.91 Å². The lowest BCUT2D eigenvalue weighted by Crippen LogP contribution is -2.27. The van der Waals surface area contributed by atoms with Gasteiger partial charge >= 0.3 is 0 Å². The first-order valence-electron chi connectivity index (χ1n) is 6.19. The fraction of sp³-hybridized carbons (Fsp3) is 0.917. The van der Waals surface area contributed by atoms with Crippen LogP contribution in [0, 0.1) is 5.92 Å². The summed E-state index contributed by atoms with van der Waals surface area (Å²) in [6, 6.07) is 0. The summed E-state index contributed by atoms with van der Waals surface area (Å²) in [6.45, 7) is 5.22. The molecule has 1 unspecified atom stereocenters. The monoisotopic (exact) mass is 250 g/mol. The van der Waals surface area contributed by atoms with Gasteiger partial charge in [-0.2, -0.15) is 0 Å². The van der Waals surface area contributed by atoms with E-state index in [4.69, 9.17) is 0 Å². The van der Waals surface area contributed by atoms with Crippen molar-refractivity contribution >= 4 is 5.91 Å². The van der Waals surface area contributed by atoms with Crippen LogP contribution >= 0.6 is 0 Å². The molecule has 1 atom stereocenters. The predicted octanol–water partition coefficient (Wildman–Crippen LogP) is 2.08. The van der Waals surface area contributed by atoms with Crippen molar-refractivity contribution in [2.24, 2.45) is 5.92 Å². The summed E-state index contributed by atoms with van der Waals surface area (Å²) in [7, 11) is 3.47. The molecule has 0 N–H and O–H groups in total. The Balaban J connectivity index is 0.00000121. The average molecular weight is 250 g/mol. The topological polar surface area (TPSA) is 23.6 Å². The lowest BCUT2D eigenvalue weighted by Gasteiger charge is -2.18. The van der Waals surface area contributed by atoms with E-state index < -0.39 is 6.43 Å². The highest BCUT2D eigenvalue weighted by Gasteiger charge is 2.26. The molecule has 1 aliphatic rings. The maximum Gasteiger partial charge on any atom is 0.251 e. The van der Waals surface area contributed by atoms with Gasteiger partial charge in [-0.1, -0.05) is 13.8 Å². The molecule has 1 aliphatic heterocycles. The van der Waals surface area contributed by atoms with E-state index in [1.165, 1.54) is 0 Å². The van der Waals surface area contributed by atoms with Crippen molar-refractivity contribution in [2.75, 3.05) is 33.7 Å². The molecule has 0 aromatic heterocycles. The summed E-state index contributed by atoms with van der Waals surface area (Å²) in [5.74, 6) is 0.499. The van der Waals surface area contributed by atoms with Gasteiger partial charge in [0.1, 0.15) is 0 Å². The van der Waals surface area contributed by atoms with Gasteiger partial charge in [-0.3, -0.25) is 4.79 Å². The second kappa shape index (κ2) is 8.39. The van der Waals surface area contributed by atoms with Crippen molar-refractivity contribution in [3.8, 4) is 0 Å². The molecule has 0 aliphatic carbocycles. The fourth-order valence-electron chi connectivity index (χ4n) is 1.88. The number of carbonyl (C=O) groups excluding carboxylic acids is 1. The van der Waals surface area contributed by atoms with E-state index in [2.05, 4.69) is 0 Å². The molecule has 1 fully saturated rings. The van der Waals surface area contributed by atoms with Crippen LogP contribution in [0.5, 0.6) is 0 Å². The van der Waals surface area contributed by atoms with Crippen molar-refractivity contribution in [3.05, 3.63) is 0 Å². The second-order valence-corrected chi connectivity index (χ2v) is 4.29. The Kier molecular flexibility index (Phi) is 8.04.